The van der Waals surface area contributed by atoms with Gasteiger partial charge in [-0.1, -0.05) is 25.4 Å². The molecule has 0 bridgehead atoms. The van der Waals surface area contributed by atoms with Crippen molar-refractivity contribution < 1.29 is 14.3 Å². The molecule has 0 unspecified atom stereocenters. The van der Waals surface area contributed by atoms with Crippen molar-refractivity contribution >= 4 is 17.5 Å². The standard InChI is InChI=1S/C16H23ClN2O3/c1-10(2)15-16(20)18-5-6-19(15)9-11-7-12(17)14(22-4)8-13(11)21-3/h7-8,10,15H,5-6,9H2,1-4H3,(H,18,20)/t15-/m0/s1. The molecule has 6 heteroatoms. The predicted octanol–water partition coefficient (Wildman–Crippen LogP) is 2.31. The van der Waals surface area contributed by atoms with Crippen LogP contribution in [0, 0.1) is 5.92 Å². The molecule has 22 heavy (non-hydrogen) atoms. The number of nitrogens with zero attached hydrogens (tertiary/aromatic N) is 1. The number of rotatable bonds is 5. The summed E-state index contributed by atoms with van der Waals surface area (Å²) in [6.45, 7) is 6.19. The number of hydrogen-bond acceptors (Lipinski definition) is 4. The first-order valence-electron chi connectivity index (χ1n) is 7.40. The van der Waals surface area contributed by atoms with Gasteiger partial charge in [-0.25, -0.2) is 0 Å². The van der Waals surface area contributed by atoms with E-state index in [4.69, 9.17) is 21.1 Å². The summed E-state index contributed by atoms with van der Waals surface area (Å²) in [6.07, 6.45) is 0. The molecule has 2 rings (SSSR count). The highest BCUT2D eigenvalue weighted by atomic mass is 35.5. The fraction of sp³-hybridized carbons (Fsp3) is 0.562. The van der Waals surface area contributed by atoms with Crippen molar-refractivity contribution in [3.63, 3.8) is 0 Å². The molecule has 0 saturated carbocycles. The van der Waals surface area contributed by atoms with E-state index in [1.54, 1.807) is 20.3 Å². The Morgan fingerprint density at radius 3 is 2.59 bits per heavy atom. The summed E-state index contributed by atoms with van der Waals surface area (Å²) in [5.41, 5.74) is 0.952. The van der Waals surface area contributed by atoms with Crippen LogP contribution in [0.15, 0.2) is 12.1 Å². The van der Waals surface area contributed by atoms with Gasteiger partial charge in [-0.15, -0.1) is 0 Å². The van der Waals surface area contributed by atoms with Crippen LogP contribution in [0.3, 0.4) is 0 Å². The van der Waals surface area contributed by atoms with Gasteiger partial charge < -0.3 is 14.8 Å². The highest BCUT2D eigenvalue weighted by Gasteiger charge is 2.32. The Morgan fingerprint density at radius 2 is 2.00 bits per heavy atom. The smallest absolute Gasteiger partial charge is 0.237 e. The zero-order chi connectivity index (χ0) is 16.3. The molecule has 122 valence electrons. The first-order valence-corrected chi connectivity index (χ1v) is 7.77. The number of carbonyl (C=O) groups is 1. The number of carbonyl (C=O) groups excluding carboxylic acids is 1. The van der Waals surface area contributed by atoms with E-state index < -0.39 is 0 Å². The van der Waals surface area contributed by atoms with Crippen LogP contribution in [0.1, 0.15) is 19.4 Å². The van der Waals surface area contributed by atoms with E-state index in [0.717, 1.165) is 17.9 Å². The van der Waals surface area contributed by atoms with Crippen molar-refractivity contribution in [1.82, 2.24) is 10.2 Å². The zero-order valence-electron chi connectivity index (χ0n) is 13.5. The number of nitrogens with one attached hydrogen (secondary N) is 1. The average Bonchev–Trinajstić information content (AvgIpc) is 2.47. The van der Waals surface area contributed by atoms with Crippen molar-refractivity contribution in [3.8, 4) is 11.5 Å². The second-order valence-electron chi connectivity index (χ2n) is 5.75. The zero-order valence-corrected chi connectivity index (χ0v) is 14.2. The molecule has 1 fully saturated rings. The summed E-state index contributed by atoms with van der Waals surface area (Å²) in [7, 11) is 3.19. The first-order chi connectivity index (χ1) is 10.5. The van der Waals surface area contributed by atoms with E-state index in [0.29, 0.717) is 23.9 Å². The topological polar surface area (TPSA) is 50.8 Å². The minimum atomic E-state index is -0.140. The van der Waals surface area contributed by atoms with Crippen molar-refractivity contribution in [2.75, 3.05) is 27.3 Å². The second kappa shape index (κ2) is 7.20. The summed E-state index contributed by atoms with van der Waals surface area (Å²) in [5, 5.41) is 3.47. The van der Waals surface area contributed by atoms with E-state index >= 15 is 0 Å². The molecule has 0 radical (unpaired) electrons. The molecule has 5 nitrogen and oxygen atoms in total. The SMILES string of the molecule is COc1cc(OC)c(CN2CCNC(=O)[C@@H]2C(C)C)cc1Cl. The van der Waals surface area contributed by atoms with Gasteiger partial charge in [-0.05, 0) is 12.0 Å². The minimum absolute atomic E-state index is 0.0832. The number of methoxy groups -OCH3 is 2. The monoisotopic (exact) mass is 326 g/mol. The Kier molecular flexibility index (Phi) is 5.53. The highest BCUT2D eigenvalue weighted by molar-refractivity contribution is 6.32. The van der Waals surface area contributed by atoms with Crippen LogP contribution in [0.2, 0.25) is 5.02 Å². The van der Waals surface area contributed by atoms with E-state index in [9.17, 15) is 4.79 Å². The van der Waals surface area contributed by atoms with Crippen LogP contribution >= 0.6 is 11.6 Å². The summed E-state index contributed by atoms with van der Waals surface area (Å²) in [4.78, 5) is 14.3. The van der Waals surface area contributed by atoms with Crippen LogP contribution in [0.5, 0.6) is 11.5 Å². The Labute approximate surface area is 136 Å². The molecule has 1 aliphatic rings. The van der Waals surface area contributed by atoms with E-state index in [1.807, 2.05) is 6.07 Å². The third-order valence-corrected chi connectivity index (χ3v) is 4.22. The molecule has 0 aliphatic carbocycles. The lowest BCUT2D eigenvalue weighted by atomic mass is 9.98. The lowest BCUT2D eigenvalue weighted by Gasteiger charge is -2.37. The van der Waals surface area contributed by atoms with Gasteiger partial charge in [0.1, 0.15) is 11.5 Å². The maximum Gasteiger partial charge on any atom is 0.237 e. The molecule has 1 amide bonds. The quantitative estimate of drug-likeness (QED) is 0.902. The molecular formula is C16H23ClN2O3. The van der Waals surface area contributed by atoms with Crippen LogP contribution in [0.25, 0.3) is 0 Å². The number of piperazine rings is 1. The van der Waals surface area contributed by atoms with Crippen LogP contribution in [0.4, 0.5) is 0 Å². The minimum Gasteiger partial charge on any atom is -0.496 e. The van der Waals surface area contributed by atoms with E-state index in [-0.39, 0.29) is 17.9 Å². The van der Waals surface area contributed by atoms with E-state index in [2.05, 4.69) is 24.1 Å². The summed E-state index contributed by atoms with van der Waals surface area (Å²) >= 11 is 6.23. The van der Waals surface area contributed by atoms with Crippen LogP contribution in [-0.2, 0) is 11.3 Å². The van der Waals surface area contributed by atoms with Gasteiger partial charge in [0.15, 0.2) is 0 Å². The van der Waals surface area contributed by atoms with Gasteiger partial charge in [0, 0.05) is 31.3 Å². The lowest BCUT2D eigenvalue weighted by molar-refractivity contribution is -0.131. The lowest BCUT2D eigenvalue weighted by Crippen LogP contribution is -2.56. The van der Waals surface area contributed by atoms with Gasteiger partial charge >= 0.3 is 0 Å². The highest BCUT2D eigenvalue weighted by Crippen LogP contribution is 2.33. The van der Waals surface area contributed by atoms with Gasteiger partial charge in [0.25, 0.3) is 0 Å². The molecule has 1 aromatic rings. The van der Waals surface area contributed by atoms with Gasteiger partial charge in [-0.3, -0.25) is 9.69 Å². The Balaban J connectivity index is 2.28. The largest absolute Gasteiger partial charge is 0.496 e. The van der Waals surface area contributed by atoms with Crippen LogP contribution in [-0.4, -0.2) is 44.2 Å². The van der Waals surface area contributed by atoms with Crippen molar-refractivity contribution in [3.05, 3.63) is 22.7 Å². The summed E-state index contributed by atoms with van der Waals surface area (Å²) in [6, 6.07) is 3.49. The second-order valence-corrected chi connectivity index (χ2v) is 6.16. The Hall–Kier alpha value is -1.46. The molecule has 1 aliphatic heterocycles. The molecule has 1 heterocycles. The Morgan fingerprint density at radius 1 is 1.32 bits per heavy atom. The third kappa shape index (κ3) is 3.47. The molecule has 1 saturated heterocycles. The first kappa shape index (κ1) is 16.9. The fourth-order valence-corrected chi connectivity index (χ4v) is 3.16. The molecule has 0 aromatic heterocycles. The summed E-state index contributed by atoms with van der Waals surface area (Å²) in [5.74, 6) is 1.62. The molecule has 1 atom stereocenters. The normalized spacial score (nSPS) is 19.2. The maximum absolute atomic E-state index is 12.1. The van der Waals surface area contributed by atoms with Gasteiger partial charge in [0.05, 0.1) is 25.3 Å². The molecule has 0 spiro atoms. The number of benzene rings is 1. The molecular weight excluding hydrogens is 304 g/mol. The predicted molar refractivity (Wildman–Crippen MR) is 86.6 cm³/mol. The van der Waals surface area contributed by atoms with Gasteiger partial charge in [0.2, 0.25) is 5.91 Å². The number of hydrogen-bond donors (Lipinski definition) is 1. The number of halogens is 1. The molecule has 1 N–H and O–H groups in total. The Bertz CT molecular complexity index is 548. The van der Waals surface area contributed by atoms with Gasteiger partial charge in [-0.2, -0.15) is 0 Å². The molecule has 1 aromatic carbocycles. The number of ether oxygens (including phenoxy) is 2. The summed E-state index contributed by atoms with van der Waals surface area (Å²) < 4.78 is 10.7. The number of amides is 1. The van der Waals surface area contributed by atoms with Crippen LogP contribution < -0.4 is 14.8 Å². The third-order valence-electron chi connectivity index (χ3n) is 3.92. The average molecular weight is 327 g/mol. The maximum atomic E-state index is 12.1. The van der Waals surface area contributed by atoms with Crippen molar-refractivity contribution in [2.24, 2.45) is 5.92 Å². The van der Waals surface area contributed by atoms with Crippen molar-refractivity contribution in [1.29, 1.82) is 0 Å². The fourth-order valence-electron chi connectivity index (χ4n) is 2.90. The van der Waals surface area contributed by atoms with Crippen molar-refractivity contribution in [2.45, 2.75) is 26.4 Å². The van der Waals surface area contributed by atoms with E-state index in [1.165, 1.54) is 0 Å².